The predicted molar refractivity (Wildman–Crippen MR) is 146 cm³/mol. The second-order valence-electron chi connectivity index (χ2n) is 10.8. The van der Waals surface area contributed by atoms with Crippen LogP contribution in [0.25, 0.3) is 21.8 Å². The first-order chi connectivity index (χ1) is 18.9. The van der Waals surface area contributed by atoms with Gasteiger partial charge in [0.25, 0.3) is 0 Å². The lowest BCUT2D eigenvalue weighted by Gasteiger charge is -2.47. The molecule has 2 saturated heterocycles. The smallest absolute Gasteiger partial charge is 0.222 e. The van der Waals surface area contributed by atoms with Crippen LogP contribution in [0, 0.1) is 18.2 Å². The molecule has 9 heteroatoms. The number of H-pyrrole nitrogens is 1. The number of aromatic nitrogens is 3. The van der Waals surface area contributed by atoms with E-state index in [9.17, 15) is 4.79 Å². The minimum Gasteiger partial charge on any atom is -0.493 e. The van der Waals surface area contributed by atoms with Crippen molar-refractivity contribution in [1.29, 1.82) is 0 Å². The highest BCUT2D eigenvalue weighted by atomic mass is 19.1. The fourth-order valence-electron chi connectivity index (χ4n) is 5.67. The second-order valence-corrected chi connectivity index (χ2v) is 10.8. The first-order valence-electron chi connectivity index (χ1n) is 13.5. The van der Waals surface area contributed by atoms with Gasteiger partial charge in [-0.1, -0.05) is 6.07 Å². The molecular weight excluding hydrogens is 499 g/mol. The number of fused-ring (bicyclic) bond motifs is 2. The minimum atomic E-state index is -0.244. The van der Waals surface area contributed by atoms with Crippen LogP contribution >= 0.6 is 0 Å². The van der Waals surface area contributed by atoms with Crippen LogP contribution in [-0.4, -0.2) is 65.8 Å². The molecule has 0 aliphatic carbocycles. The van der Waals surface area contributed by atoms with Crippen LogP contribution in [0.3, 0.4) is 0 Å². The number of methoxy groups -OCH3 is 1. The fourth-order valence-corrected chi connectivity index (χ4v) is 5.67. The summed E-state index contributed by atoms with van der Waals surface area (Å²) in [6.45, 7) is 5.60. The number of amides is 1. The molecule has 39 heavy (non-hydrogen) atoms. The van der Waals surface area contributed by atoms with Crippen LogP contribution in [0.2, 0.25) is 0 Å². The number of aromatic amines is 1. The number of rotatable bonds is 8. The highest BCUT2D eigenvalue weighted by Gasteiger charge is 2.41. The number of nitrogens with zero attached hydrogens (tertiary/aromatic N) is 3. The maximum Gasteiger partial charge on any atom is 0.222 e. The van der Waals surface area contributed by atoms with Crippen LogP contribution in [-0.2, 0) is 16.0 Å². The lowest BCUT2D eigenvalue weighted by molar-refractivity contribution is -0.153. The van der Waals surface area contributed by atoms with E-state index in [1.807, 2.05) is 36.1 Å². The predicted octanol–water partition coefficient (Wildman–Crippen LogP) is 4.96. The summed E-state index contributed by atoms with van der Waals surface area (Å²) in [6.07, 6.45) is 4.92. The highest BCUT2D eigenvalue weighted by Crippen LogP contribution is 2.38. The van der Waals surface area contributed by atoms with Gasteiger partial charge in [-0.05, 0) is 49.9 Å². The first kappa shape index (κ1) is 25.6. The molecule has 0 unspecified atom stereocenters. The van der Waals surface area contributed by atoms with E-state index in [1.165, 1.54) is 6.33 Å². The molecule has 1 N–H and O–H groups in total. The maximum absolute atomic E-state index is 15.2. The number of hydrogen-bond donors (Lipinski definition) is 1. The first-order valence-corrected chi connectivity index (χ1v) is 13.5. The van der Waals surface area contributed by atoms with Crippen molar-refractivity contribution >= 4 is 27.7 Å². The Hall–Kier alpha value is -3.72. The van der Waals surface area contributed by atoms with Crippen molar-refractivity contribution in [3.05, 3.63) is 59.4 Å². The van der Waals surface area contributed by atoms with Gasteiger partial charge in [-0.2, -0.15) is 0 Å². The van der Waals surface area contributed by atoms with E-state index in [2.05, 4.69) is 15.0 Å². The average molecular weight is 533 g/mol. The van der Waals surface area contributed by atoms with Crippen molar-refractivity contribution in [1.82, 2.24) is 19.9 Å². The summed E-state index contributed by atoms with van der Waals surface area (Å²) in [5.74, 6) is 1.04. The Kier molecular flexibility index (Phi) is 6.85. The molecule has 2 aliphatic heterocycles. The van der Waals surface area contributed by atoms with E-state index < -0.39 is 0 Å². The van der Waals surface area contributed by atoms with Gasteiger partial charge < -0.3 is 24.1 Å². The van der Waals surface area contributed by atoms with Gasteiger partial charge in [-0.15, -0.1) is 0 Å². The number of carbonyl (C=O) groups is 1. The Morgan fingerprint density at radius 3 is 2.69 bits per heavy atom. The van der Waals surface area contributed by atoms with Gasteiger partial charge >= 0.3 is 0 Å². The second kappa shape index (κ2) is 10.4. The van der Waals surface area contributed by atoms with Gasteiger partial charge in [-0.25, -0.2) is 14.4 Å². The Bertz CT molecular complexity index is 1520. The molecule has 0 bridgehead atoms. The van der Waals surface area contributed by atoms with Crippen molar-refractivity contribution in [3.63, 3.8) is 0 Å². The Balaban J connectivity index is 1.11. The number of piperidine rings is 1. The number of likely N-dealkylation sites (tertiary alicyclic amines) is 1. The minimum absolute atomic E-state index is 0.178. The summed E-state index contributed by atoms with van der Waals surface area (Å²) in [5.41, 5.74) is 3.97. The number of nitrogens with one attached hydrogen (secondary N) is 1. The van der Waals surface area contributed by atoms with Gasteiger partial charge in [-0.3, -0.25) is 4.79 Å². The Labute approximate surface area is 226 Å². The summed E-state index contributed by atoms with van der Waals surface area (Å²) in [4.78, 5) is 26.7. The van der Waals surface area contributed by atoms with Crippen molar-refractivity contribution in [3.8, 4) is 11.5 Å². The molecule has 0 atom stereocenters. The Morgan fingerprint density at radius 1 is 1.13 bits per heavy atom. The van der Waals surface area contributed by atoms with Crippen LogP contribution in [0.5, 0.6) is 11.5 Å². The van der Waals surface area contributed by atoms with E-state index in [0.717, 1.165) is 55.7 Å². The van der Waals surface area contributed by atoms with E-state index in [1.54, 1.807) is 13.2 Å². The number of carbonyl (C=O) groups excluding carboxylic acids is 1. The molecule has 2 aromatic carbocycles. The summed E-state index contributed by atoms with van der Waals surface area (Å²) in [5, 5.41) is 1.36. The van der Waals surface area contributed by atoms with E-state index in [-0.39, 0.29) is 11.7 Å². The van der Waals surface area contributed by atoms with Crippen LogP contribution in [0.15, 0.2) is 36.7 Å². The lowest BCUT2D eigenvalue weighted by atomic mass is 9.77. The quantitative estimate of drug-likeness (QED) is 0.323. The van der Waals surface area contributed by atoms with Crippen molar-refractivity contribution < 1.29 is 23.4 Å². The fraction of sp³-hybridized carbons (Fsp3) is 0.433. The van der Waals surface area contributed by atoms with Gasteiger partial charge in [0.2, 0.25) is 5.91 Å². The molecule has 1 amide bonds. The molecule has 6 rings (SSSR count). The molecule has 4 heterocycles. The van der Waals surface area contributed by atoms with Gasteiger partial charge in [0, 0.05) is 59.4 Å². The van der Waals surface area contributed by atoms with Crippen molar-refractivity contribution in [2.24, 2.45) is 5.41 Å². The number of halogens is 1. The largest absolute Gasteiger partial charge is 0.493 e. The topological polar surface area (TPSA) is 89.6 Å². The molecule has 1 spiro atoms. The molecule has 0 radical (unpaired) electrons. The molecule has 2 aliphatic rings. The third-order valence-corrected chi connectivity index (χ3v) is 8.10. The van der Waals surface area contributed by atoms with E-state index in [4.69, 9.17) is 14.2 Å². The van der Waals surface area contributed by atoms with Gasteiger partial charge in [0.15, 0.2) is 11.5 Å². The number of ether oxygens (including phenoxy) is 3. The zero-order valence-corrected chi connectivity index (χ0v) is 22.4. The zero-order chi connectivity index (χ0) is 27.0. The number of benzene rings is 2. The van der Waals surface area contributed by atoms with Crippen molar-refractivity contribution in [2.75, 3.05) is 40.0 Å². The van der Waals surface area contributed by atoms with Crippen molar-refractivity contribution in [2.45, 2.75) is 39.0 Å². The highest BCUT2D eigenvalue weighted by molar-refractivity contribution is 5.86. The summed E-state index contributed by atoms with van der Waals surface area (Å²) in [6, 6.07) is 9.17. The molecular formula is C30H33FN4O4. The third-order valence-electron chi connectivity index (χ3n) is 8.10. The SMILES string of the molecule is COc1cc2c(Cc3ccc4[nH]c(C)cc4c3F)ncnc2cc1OCCCC(=O)N1CCC2(CC1)COC2. The molecule has 2 aromatic heterocycles. The summed E-state index contributed by atoms with van der Waals surface area (Å²) >= 11 is 0. The Morgan fingerprint density at radius 2 is 1.95 bits per heavy atom. The van der Waals surface area contributed by atoms with E-state index in [0.29, 0.717) is 64.9 Å². The molecule has 204 valence electrons. The monoisotopic (exact) mass is 532 g/mol. The number of aryl methyl sites for hydroxylation is 1. The molecule has 2 fully saturated rings. The molecule has 4 aromatic rings. The molecule has 8 nitrogen and oxygen atoms in total. The van der Waals surface area contributed by atoms with Crippen LogP contribution in [0.1, 0.15) is 42.6 Å². The average Bonchev–Trinajstić information content (AvgIpc) is 3.32. The van der Waals surface area contributed by atoms with Gasteiger partial charge in [0.05, 0.1) is 38.1 Å². The summed E-state index contributed by atoms with van der Waals surface area (Å²) in [7, 11) is 1.58. The zero-order valence-electron chi connectivity index (χ0n) is 22.4. The van der Waals surface area contributed by atoms with E-state index >= 15 is 4.39 Å². The van der Waals surface area contributed by atoms with Crippen LogP contribution < -0.4 is 9.47 Å². The normalized spacial score (nSPS) is 16.5. The molecule has 0 saturated carbocycles. The summed E-state index contributed by atoms with van der Waals surface area (Å²) < 4.78 is 32.2. The number of hydrogen-bond acceptors (Lipinski definition) is 6. The maximum atomic E-state index is 15.2. The van der Waals surface area contributed by atoms with Gasteiger partial charge in [0.1, 0.15) is 12.1 Å². The third kappa shape index (κ3) is 5.03. The lowest BCUT2D eigenvalue weighted by Crippen LogP contribution is -2.52. The standard InChI is InChI=1S/C30H33FN4O4/c1-19-12-22-23(34-19)6-5-20(29(22)31)13-24-21-14-26(37-2)27(15-25(21)33-18-32-24)39-11-3-4-28(36)35-9-7-30(8-10-35)16-38-17-30/h5-6,12,14-15,18,34H,3-4,7-11,13,16-17H2,1-2H3. The van der Waals surface area contributed by atoms with Crippen LogP contribution in [0.4, 0.5) is 4.39 Å².